The van der Waals surface area contributed by atoms with Crippen LogP contribution < -0.4 is 0 Å². The Balaban J connectivity index is 2.88. The quantitative estimate of drug-likeness (QED) is 0.509. The second-order valence-corrected chi connectivity index (χ2v) is 4.80. The van der Waals surface area contributed by atoms with E-state index in [1.54, 1.807) is 0 Å². The lowest BCUT2D eigenvalue weighted by Gasteiger charge is -1.99. The summed E-state index contributed by atoms with van der Waals surface area (Å²) in [7, 11) is 0. The molecule has 1 heterocycles. The predicted molar refractivity (Wildman–Crippen MR) is 52.8 cm³/mol. The van der Waals surface area contributed by atoms with E-state index >= 15 is 0 Å². The van der Waals surface area contributed by atoms with E-state index in [1.807, 2.05) is 12.2 Å². The smallest absolute Gasteiger partial charge is 0.0543 e. The highest BCUT2D eigenvalue weighted by Crippen LogP contribution is 2.26. The summed E-state index contributed by atoms with van der Waals surface area (Å²) in [5.74, 6) is 0.590. The molecule has 1 aliphatic rings. The van der Waals surface area contributed by atoms with Gasteiger partial charge in [-0.3, -0.25) is 0 Å². The van der Waals surface area contributed by atoms with Gasteiger partial charge in [0, 0.05) is 3.58 Å². The molecule has 0 spiro atoms. The normalized spacial score (nSPS) is 18.0. The van der Waals surface area contributed by atoms with Crippen LogP contribution in [-0.4, -0.2) is 9.89 Å². The average molecular weight is 275 g/mol. The van der Waals surface area contributed by atoms with E-state index in [0.717, 1.165) is 5.03 Å². The minimum atomic E-state index is 0.0125. The van der Waals surface area contributed by atoms with Gasteiger partial charge in [-0.05, 0) is 10.1 Å². The first-order valence-electron chi connectivity index (χ1n) is 2.42. The zero-order chi connectivity index (χ0) is 6.69. The molecule has 0 atom stereocenters. The topological polar surface area (TPSA) is 0 Å². The number of halogens is 3. The summed E-state index contributed by atoms with van der Waals surface area (Å²) in [6.07, 6.45) is 3.88. The summed E-state index contributed by atoms with van der Waals surface area (Å²) in [6, 6.07) is 0. The summed E-state index contributed by atoms with van der Waals surface area (Å²) >= 11 is 11.4. The van der Waals surface area contributed by atoms with Gasteiger partial charge >= 0.3 is 0 Å². The van der Waals surface area contributed by atoms with Crippen molar-refractivity contribution >= 4 is 47.9 Å². The van der Waals surface area contributed by atoms with Gasteiger partial charge in [-0.25, -0.2) is 0 Å². The maximum absolute atomic E-state index is 5.80. The molecule has 0 aromatic heterocycles. The lowest BCUT2D eigenvalue weighted by atomic mass is 10.4. The van der Waals surface area contributed by atoms with Crippen molar-refractivity contribution in [3.05, 3.63) is 20.8 Å². The highest BCUT2D eigenvalue weighted by atomic mass is 127. The fourth-order valence-corrected chi connectivity index (χ4v) is 2.98. The standard InChI is InChI=1S/C6H5Cl2I/c7-4-6-5(8)2-1-3-9-6/h1-3H,4H2. The van der Waals surface area contributed by atoms with Gasteiger partial charge in [-0.15, -0.1) is 11.6 Å². The summed E-state index contributed by atoms with van der Waals surface area (Å²) in [5, 5.41) is 0.848. The third kappa shape index (κ3) is 2.06. The number of hydrogen-bond acceptors (Lipinski definition) is 0. The fraction of sp³-hybridized carbons (Fsp3) is 0.167. The molecule has 0 N–H and O–H groups in total. The molecule has 0 amide bonds. The van der Waals surface area contributed by atoms with Crippen molar-refractivity contribution < 1.29 is 0 Å². The Morgan fingerprint density at radius 3 is 2.78 bits per heavy atom. The molecule has 0 saturated heterocycles. The van der Waals surface area contributed by atoms with Crippen molar-refractivity contribution in [2.75, 3.05) is 5.88 Å². The van der Waals surface area contributed by atoms with Crippen molar-refractivity contribution in [3.63, 3.8) is 0 Å². The molecule has 9 heavy (non-hydrogen) atoms. The van der Waals surface area contributed by atoms with E-state index in [0.29, 0.717) is 5.88 Å². The first kappa shape index (κ1) is 7.76. The minimum Gasteiger partial charge on any atom is -0.121 e. The van der Waals surface area contributed by atoms with E-state index in [9.17, 15) is 0 Å². The van der Waals surface area contributed by atoms with Crippen LogP contribution in [0.2, 0.25) is 0 Å². The van der Waals surface area contributed by atoms with Crippen molar-refractivity contribution in [2.24, 2.45) is 0 Å². The van der Waals surface area contributed by atoms with E-state index in [2.05, 4.69) is 4.01 Å². The van der Waals surface area contributed by atoms with Crippen molar-refractivity contribution in [1.29, 1.82) is 0 Å². The molecule has 0 radical (unpaired) electrons. The Labute approximate surface area is 74.3 Å². The van der Waals surface area contributed by atoms with Gasteiger partial charge in [0.1, 0.15) is 0 Å². The molecule has 0 saturated carbocycles. The van der Waals surface area contributed by atoms with Crippen molar-refractivity contribution in [1.82, 2.24) is 0 Å². The van der Waals surface area contributed by atoms with Crippen LogP contribution in [0.1, 0.15) is 0 Å². The number of rotatable bonds is 1. The second-order valence-electron chi connectivity index (χ2n) is 1.48. The zero-order valence-corrected chi connectivity index (χ0v) is 8.24. The van der Waals surface area contributed by atoms with Gasteiger partial charge in [0.05, 0.1) is 10.9 Å². The van der Waals surface area contributed by atoms with E-state index in [4.69, 9.17) is 23.2 Å². The SMILES string of the molecule is ClCC1=C(Cl)C=CC=I1. The number of hydrogen-bond donors (Lipinski definition) is 0. The Bertz CT molecular complexity index is 191. The van der Waals surface area contributed by atoms with Gasteiger partial charge in [0.25, 0.3) is 0 Å². The number of allylic oxidation sites excluding steroid dienone is 4. The molecule has 50 valence electrons. The molecule has 0 bridgehead atoms. The summed E-state index contributed by atoms with van der Waals surface area (Å²) < 4.78 is 3.38. The van der Waals surface area contributed by atoms with Gasteiger partial charge in [0.2, 0.25) is 0 Å². The Hall–Kier alpha value is 0.660. The summed E-state index contributed by atoms with van der Waals surface area (Å²) in [4.78, 5) is 0. The molecule has 3 heteroatoms. The van der Waals surface area contributed by atoms with Crippen LogP contribution in [0.15, 0.2) is 20.8 Å². The maximum Gasteiger partial charge on any atom is 0.0543 e. The second kappa shape index (κ2) is 3.74. The zero-order valence-electron chi connectivity index (χ0n) is 4.57. The van der Waals surface area contributed by atoms with Crippen LogP contribution in [0.3, 0.4) is 0 Å². The first-order valence-corrected chi connectivity index (χ1v) is 5.66. The molecule has 0 aromatic rings. The molecular formula is C6H5Cl2I. The molecule has 0 nitrogen and oxygen atoms in total. The van der Waals surface area contributed by atoms with Gasteiger partial charge in [0.15, 0.2) is 0 Å². The largest absolute Gasteiger partial charge is 0.121 e. The van der Waals surface area contributed by atoms with Crippen LogP contribution in [0.5, 0.6) is 0 Å². The first-order chi connectivity index (χ1) is 4.34. The van der Waals surface area contributed by atoms with Gasteiger partial charge < -0.3 is 0 Å². The monoisotopic (exact) mass is 274 g/mol. The fourth-order valence-electron chi connectivity index (χ4n) is 0.469. The van der Waals surface area contributed by atoms with E-state index < -0.39 is 0 Å². The molecule has 0 aliphatic carbocycles. The Morgan fingerprint density at radius 2 is 2.33 bits per heavy atom. The Kier molecular flexibility index (Phi) is 3.22. The number of alkyl halides is 1. The van der Waals surface area contributed by atoms with Crippen LogP contribution >= 0.6 is 43.9 Å². The lowest BCUT2D eigenvalue weighted by molar-refractivity contribution is 1.68. The lowest BCUT2D eigenvalue weighted by Crippen LogP contribution is -1.80. The molecule has 1 rings (SSSR count). The molecular weight excluding hydrogens is 270 g/mol. The van der Waals surface area contributed by atoms with E-state index in [-0.39, 0.29) is 20.7 Å². The van der Waals surface area contributed by atoms with Crippen LogP contribution in [0.4, 0.5) is 0 Å². The molecule has 0 fully saturated rings. The van der Waals surface area contributed by atoms with Crippen molar-refractivity contribution in [3.8, 4) is 0 Å². The van der Waals surface area contributed by atoms with Crippen molar-refractivity contribution in [2.45, 2.75) is 0 Å². The van der Waals surface area contributed by atoms with Crippen LogP contribution in [-0.2, 0) is 0 Å². The molecule has 0 unspecified atom stereocenters. The summed E-state index contributed by atoms with van der Waals surface area (Å²) in [6.45, 7) is 0. The highest BCUT2D eigenvalue weighted by molar-refractivity contribution is 14.2. The molecule has 1 aliphatic heterocycles. The van der Waals surface area contributed by atoms with E-state index in [1.165, 1.54) is 3.58 Å². The van der Waals surface area contributed by atoms with Gasteiger partial charge in [-0.1, -0.05) is 38.4 Å². The third-order valence-corrected chi connectivity index (χ3v) is 4.77. The maximum atomic E-state index is 5.80. The molecule has 0 aromatic carbocycles. The third-order valence-electron chi connectivity index (χ3n) is 0.886. The van der Waals surface area contributed by atoms with Crippen LogP contribution in [0, 0.1) is 0 Å². The minimum absolute atomic E-state index is 0.0125. The average Bonchev–Trinajstić information content (AvgIpc) is 1.89. The summed E-state index contributed by atoms with van der Waals surface area (Å²) in [5.41, 5.74) is 0. The predicted octanol–water partition coefficient (Wildman–Crippen LogP) is 3.02. The van der Waals surface area contributed by atoms with Crippen LogP contribution in [0.25, 0.3) is 0 Å². The Morgan fingerprint density at radius 1 is 1.56 bits per heavy atom. The highest BCUT2D eigenvalue weighted by Gasteiger charge is 1.98. The van der Waals surface area contributed by atoms with Gasteiger partial charge in [-0.2, -0.15) is 0 Å².